The van der Waals surface area contributed by atoms with E-state index < -0.39 is 0 Å². The lowest BCUT2D eigenvalue weighted by molar-refractivity contribution is 0.175. The highest BCUT2D eigenvalue weighted by molar-refractivity contribution is 6.91. The third-order valence-corrected chi connectivity index (χ3v) is 3.87. The van der Waals surface area contributed by atoms with Crippen LogP contribution in [-0.2, 0) is 4.74 Å². The van der Waals surface area contributed by atoms with Crippen LogP contribution in [0.4, 0.5) is 4.79 Å². The number of hydrogen-bond donors (Lipinski definition) is 0. The SMILES string of the molecule is CCOC(=O)B1C2CCCC1CCC2. The number of ether oxygens (including phenoxy) is 1. The fourth-order valence-electron chi connectivity index (χ4n) is 3.30. The fourth-order valence-corrected chi connectivity index (χ4v) is 3.30. The Bertz CT molecular complexity index is 195. The van der Waals surface area contributed by atoms with Crippen LogP contribution in [0, 0.1) is 0 Å². The molecule has 2 bridgehead atoms. The van der Waals surface area contributed by atoms with Crippen molar-refractivity contribution in [2.75, 3.05) is 6.61 Å². The molecule has 78 valence electrons. The van der Waals surface area contributed by atoms with Crippen molar-refractivity contribution in [3.63, 3.8) is 0 Å². The molecule has 0 spiro atoms. The van der Waals surface area contributed by atoms with Gasteiger partial charge in [0, 0.05) is 0 Å². The van der Waals surface area contributed by atoms with Crippen LogP contribution in [0.25, 0.3) is 0 Å². The Labute approximate surface area is 86.5 Å². The minimum atomic E-state index is 0.0851. The van der Waals surface area contributed by atoms with Gasteiger partial charge in [0.05, 0.1) is 6.61 Å². The summed E-state index contributed by atoms with van der Waals surface area (Å²) in [7, 11) is 0. The van der Waals surface area contributed by atoms with Gasteiger partial charge in [-0.25, -0.2) is 0 Å². The summed E-state index contributed by atoms with van der Waals surface area (Å²) in [6, 6.07) is 0. The van der Waals surface area contributed by atoms with E-state index >= 15 is 0 Å². The lowest BCUT2D eigenvalue weighted by atomic mass is 9.27. The Balaban J connectivity index is 2.04. The van der Waals surface area contributed by atoms with Crippen molar-refractivity contribution < 1.29 is 9.53 Å². The fraction of sp³-hybridized carbons (Fsp3) is 0.909. The highest BCUT2D eigenvalue weighted by Crippen LogP contribution is 2.46. The van der Waals surface area contributed by atoms with Gasteiger partial charge in [-0.2, -0.15) is 0 Å². The minimum Gasteiger partial charge on any atom is -0.474 e. The summed E-state index contributed by atoms with van der Waals surface area (Å²) in [4.78, 5) is 11.8. The van der Waals surface area contributed by atoms with Crippen LogP contribution in [0.1, 0.15) is 45.4 Å². The summed E-state index contributed by atoms with van der Waals surface area (Å²) in [6.07, 6.45) is 7.65. The molecule has 2 nitrogen and oxygen atoms in total. The van der Waals surface area contributed by atoms with Crippen molar-refractivity contribution in [3.05, 3.63) is 0 Å². The van der Waals surface area contributed by atoms with Crippen molar-refractivity contribution >= 4 is 12.6 Å². The van der Waals surface area contributed by atoms with E-state index in [9.17, 15) is 4.79 Å². The molecule has 0 aliphatic carbocycles. The summed E-state index contributed by atoms with van der Waals surface area (Å²) in [5.74, 6) is 1.37. The molecule has 2 heterocycles. The van der Waals surface area contributed by atoms with Crippen molar-refractivity contribution in [2.24, 2.45) is 0 Å². The van der Waals surface area contributed by atoms with Crippen LogP contribution in [0.3, 0.4) is 0 Å². The standard InChI is InChI=1S/C11H19BO2/c1-2-14-11(13)12-9-5-3-6-10(12)8-4-7-9/h9-10H,2-8H2,1H3. The zero-order chi connectivity index (χ0) is 9.97. The Morgan fingerprint density at radius 1 is 1.21 bits per heavy atom. The van der Waals surface area contributed by atoms with Gasteiger partial charge in [0.25, 0.3) is 12.6 Å². The van der Waals surface area contributed by atoms with Gasteiger partial charge in [-0.1, -0.05) is 50.2 Å². The van der Waals surface area contributed by atoms with Crippen LogP contribution in [0.5, 0.6) is 0 Å². The summed E-state index contributed by atoms with van der Waals surface area (Å²) in [5, 5.41) is 0. The highest BCUT2D eigenvalue weighted by atomic mass is 16.5. The number of hydrogen-bond acceptors (Lipinski definition) is 2. The molecule has 0 aromatic heterocycles. The number of fused-ring (bicyclic) bond motifs is 2. The van der Waals surface area contributed by atoms with E-state index in [1.165, 1.54) is 38.5 Å². The van der Waals surface area contributed by atoms with Crippen molar-refractivity contribution in [2.45, 2.75) is 57.1 Å². The molecule has 3 heteroatoms. The molecule has 2 saturated heterocycles. The van der Waals surface area contributed by atoms with E-state index in [0.29, 0.717) is 18.2 Å². The Hall–Kier alpha value is -0.465. The minimum absolute atomic E-state index is 0.0851. The average molecular weight is 194 g/mol. The molecule has 0 unspecified atom stereocenters. The van der Waals surface area contributed by atoms with Crippen LogP contribution in [0.2, 0.25) is 11.6 Å². The molecule has 0 atom stereocenters. The Morgan fingerprint density at radius 3 is 2.14 bits per heavy atom. The predicted octanol–water partition coefficient (Wildman–Crippen LogP) is 3.33. The largest absolute Gasteiger partial charge is 0.474 e. The molecule has 0 radical (unpaired) electrons. The number of carbonyl (C=O) groups is 1. The Kier molecular flexibility index (Phi) is 3.14. The second-order valence-corrected chi connectivity index (χ2v) is 4.66. The normalized spacial score (nSPS) is 31.4. The van der Waals surface area contributed by atoms with Gasteiger partial charge in [0.15, 0.2) is 0 Å². The summed E-state index contributed by atoms with van der Waals surface area (Å²) >= 11 is 0. The third kappa shape index (κ3) is 1.82. The van der Waals surface area contributed by atoms with Gasteiger partial charge in [-0.15, -0.1) is 0 Å². The lowest BCUT2D eigenvalue weighted by Gasteiger charge is -2.38. The monoisotopic (exact) mass is 194 g/mol. The second-order valence-electron chi connectivity index (χ2n) is 4.66. The average Bonchev–Trinajstić information content (AvgIpc) is 2.17. The van der Waals surface area contributed by atoms with Gasteiger partial charge in [-0.3, -0.25) is 4.79 Å². The molecular formula is C11H19BO2. The highest BCUT2D eigenvalue weighted by Gasteiger charge is 2.45. The maximum atomic E-state index is 11.8. The van der Waals surface area contributed by atoms with Crippen molar-refractivity contribution in [3.8, 4) is 0 Å². The lowest BCUT2D eigenvalue weighted by Crippen LogP contribution is -2.42. The van der Waals surface area contributed by atoms with E-state index in [0.717, 1.165) is 0 Å². The molecule has 2 aliphatic heterocycles. The van der Waals surface area contributed by atoms with Crippen molar-refractivity contribution in [1.29, 1.82) is 0 Å². The maximum absolute atomic E-state index is 11.8. The molecule has 14 heavy (non-hydrogen) atoms. The number of rotatable bonds is 2. The van der Waals surface area contributed by atoms with E-state index in [2.05, 4.69) is 0 Å². The molecule has 0 aromatic rings. The first kappa shape index (κ1) is 10.1. The summed E-state index contributed by atoms with van der Waals surface area (Å²) < 4.78 is 5.18. The zero-order valence-corrected chi connectivity index (χ0v) is 9.00. The third-order valence-electron chi connectivity index (χ3n) is 3.87. The predicted molar refractivity (Wildman–Crippen MR) is 58.0 cm³/mol. The van der Waals surface area contributed by atoms with E-state index in [4.69, 9.17) is 4.74 Å². The second kappa shape index (κ2) is 4.37. The van der Waals surface area contributed by atoms with E-state index in [-0.39, 0.29) is 12.6 Å². The first-order chi connectivity index (χ1) is 6.83. The van der Waals surface area contributed by atoms with Crippen LogP contribution >= 0.6 is 0 Å². The first-order valence-corrected chi connectivity index (χ1v) is 5.99. The molecule has 2 rings (SSSR count). The molecule has 2 fully saturated rings. The van der Waals surface area contributed by atoms with Gasteiger partial charge in [0.1, 0.15) is 0 Å². The topological polar surface area (TPSA) is 26.3 Å². The van der Waals surface area contributed by atoms with Gasteiger partial charge in [0.2, 0.25) is 0 Å². The molecule has 0 aromatic carbocycles. The van der Waals surface area contributed by atoms with Crippen molar-refractivity contribution in [1.82, 2.24) is 0 Å². The molecule has 0 saturated carbocycles. The Morgan fingerprint density at radius 2 is 1.71 bits per heavy atom. The van der Waals surface area contributed by atoms with Gasteiger partial charge in [-0.05, 0) is 6.92 Å². The van der Waals surface area contributed by atoms with Crippen LogP contribution in [-0.4, -0.2) is 19.2 Å². The van der Waals surface area contributed by atoms with Crippen LogP contribution < -0.4 is 0 Å². The van der Waals surface area contributed by atoms with E-state index in [1.807, 2.05) is 6.92 Å². The summed E-state index contributed by atoms with van der Waals surface area (Å²) in [5.41, 5.74) is 0. The smallest absolute Gasteiger partial charge is 0.284 e. The molecule has 0 amide bonds. The zero-order valence-electron chi connectivity index (χ0n) is 9.00. The first-order valence-electron chi connectivity index (χ1n) is 5.99. The van der Waals surface area contributed by atoms with Gasteiger partial charge >= 0.3 is 0 Å². The quantitative estimate of drug-likeness (QED) is 0.630. The van der Waals surface area contributed by atoms with Gasteiger partial charge < -0.3 is 4.74 Å². The van der Waals surface area contributed by atoms with Crippen LogP contribution in [0.15, 0.2) is 0 Å². The molecular weight excluding hydrogens is 175 g/mol. The molecule has 2 aliphatic rings. The molecule has 0 N–H and O–H groups in total. The van der Waals surface area contributed by atoms with E-state index in [1.54, 1.807) is 0 Å². The summed E-state index contributed by atoms with van der Waals surface area (Å²) in [6.45, 7) is 2.68. The number of carbonyl (C=O) groups excluding carboxylic acids is 1. The maximum Gasteiger partial charge on any atom is 0.284 e.